The van der Waals surface area contributed by atoms with Crippen LogP contribution >= 0.6 is 23.1 Å². The van der Waals surface area contributed by atoms with Gasteiger partial charge in [0.2, 0.25) is 5.91 Å². The Morgan fingerprint density at radius 3 is 2.70 bits per heavy atom. The van der Waals surface area contributed by atoms with Crippen LogP contribution in [-0.2, 0) is 11.2 Å². The van der Waals surface area contributed by atoms with E-state index in [9.17, 15) is 9.59 Å². The van der Waals surface area contributed by atoms with Crippen molar-refractivity contribution in [2.24, 2.45) is 0 Å². The molecule has 2 aromatic carbocycles. The molecule has 2 aromatic heterocycles. The normalized spacial score (nSPS) is 11.0. The molecule has 0 spiro atoms. The Labute approximate surface area is 182 Å². The zero-order chi connectivity index (χ0) is 20.9. The minimum absolute atomic E-state index is 0.0738. The Kier molecular flexibility index (Phi) is 6.30. The Morgan fingerprint density at radius 2 is 1.90 bits per heavy atom. The summed E-state index contributed by atoms with van der Waals surface area (Å²) in [4.78, 5) is 31.6. The number of thioether (sulfide) groups is 1. The Balaban J connectivity index is 1.58. The number of carbonyl (C=O) groups excluding carboxylic acids is 1. The molecule has 5 nitrogen and oxygen atoms in total. The van der Waals surface area contributed by atoms with Gasteiger partial charge in [0.25, 0.3) is 5.56 Å². The van der Waals surface area contributed by atoms with Crippen molar-refractivity contribution in [1.82, 2.24) is 14.9 Å². The molecule has 0 saturated carbocycles. The molecule has 0 radical (unpaired) electrons. The second-order valence-corrected chi connectivity index (χ2v) is 8.78. The molecule has 30 heavy (non-hydrogen) atoms. The van der Waals surface area contributed by atoms with E-state index in [4.69, 9.17) is 4.98 Å². The number of fused-ring (bicyclic) bond motifs is 1. The van der Waals surface area contributed by atoms with Crippen molar-refractivity contribution in [2.45, 2.75) is 18.5 Å². The number of rotatable bonds is 7. The third kappa shape index (κ3) is 4.47. The third-order valence-electron chi connectivity index (χ3n) is 4.71. The van der Waals surface area contributed by atoms with Crippen LogP contribution in [0.2, 0.25) is 0 Å². The SMILES string of the molecule is Cc1ccccc1-n1c(SCC(=O)NCCc2cccs2)nc2ccccc2c1=O. The fourth-order valence-corrected chi connectivity index (χ4v) is 4.74. The van der Waals surface area contributed by atoms with Crippen LogP contribution in [0.4, 0.5) is 0 Å². The highest BCUT2D eigenvalue weighted by Crippen LogP contribution is 2.23. The summed E-state index contributed by atoms with van der Waals surface area (Å²) < 4.78 is 1.61. The second kappa shape index (κ2) is 9.28. The predicted octanol–water partition coefficient (Wildman–Crippen LogP) is 4.21. The smallest absolute Gasteiger partial charge is 0.266 e. The zero-order valence-electron chi connectivity index (χ0n) is 16.5. The highest BCUT2D eigenvalue weighted by Gasteiger charge is 2.15. The Bertz CT molecular complexity index is 1230. The van der Waals surface area contributed by atoms with E-state index in [-0.39, 0.29) is 17.2 Å². The minimum Gasteiger partial charge on any atom is -0.355 e. The fraction of sp³-hybridized carbons (Fsp3) is 0.174. The molecule has 0 saturated heterocycles. The quantitative estimate of drug-likeness (QED) is 0.349. The first-order valence-corrected chi connectivity index (χ1v) is 11.5. The van der Waals surface area contributed by atoms with Crippen molar-refractivity contribution in [2.75, 3.05) is 12.3 Å². The number of benzene rings is 2. The van der Waals surface area contributed by atoms with E-state index in [1.807, 2.05) is 60.8 Å². The summed E-state index contributed by atoms with van der Waals surface area (Å²) in [6.07, 6.45) is 0.816. The average Bonchev–Trinajstić information content (AvgIpc) is 3.27. The van der Waals surface area contributed by atoms with E-state index < -0.39 is 0 Å². The van der Waals surface area contributed by atoms with Crippen LogP contribution in [0.5, 0.6) is 0 Å². The van der Waals surface area contributed by atoms with E-state index in [2.05, 4.69) is 11.4 Å². The molecule has 7 heteroatoms. The number of aromatic nitrogens is 2. The van der Waals surface area contributed by atoms with E-state index in [1.165, 1.54) is 16.6 Å². The average molecular weight is 436 g/mol. The number of aryl methyl sites for hydroxylation is 1. The van der Waals surface area contributed by atoms with Crippen LogP contribution in [0.15, 0.2) is 76.0 Å². The monoisotopic (exact) mass is 435 g/mol. The molecule has 1 amide bonds. The standard InChI is InChI=1S/C23H21N3O2S2/c1-16-7-2-5-11-20(16)26-22(28)18-9-3-4-10-19(18)25-23(26)30-15-21(27)24-13-12-17-8-6-14-29-17/h2-11,14H,12-13,15H2,1H3,(H,24,27). The molecule has 2 heterocycles. The van der Waals surface area contributed by atoms with Gasteiger partial charge in [-0.1, -0.05) is 48.2 Å². The molecule has 4 aromatic rings. The van der Waals surface area contributed by atoms with E-state index in [0.29, 0.717) is 22.6 Å². The van der Waals surface area contributed by atoms with Gasteiger partial charge in [-0.05, 0) is 48.6 Å². The summed E-state index contributed by atoms with van der Waals surface area (Å²) >= 11 is 2.96. The van der Waals surface area contributed by atoms with Crippen molar-refractivity contribution < 1.29 is 4.79 Å². The van der Waals surface area contributed by atoms with Gasteiger partial charge < -0.3 is 5.32 Å². The molecule has 0 atom stereocenters. The van der Waals surface area contributed by atoms with Gasteiger partial charge in [-0.2, -0.15) is 0 Å². The number of nitrogens with zero attached hydrogens (tertiary/aromatic N) is 2. The lowest BCUT2D eigenvalue weighted by Gasteiger charge is -2.15. The van der Waals surface area contributed by atoms with Crippen molar-refractivity contribution in [3.8, 4) is 5.69 Å². The van der Waals surface area contributed by atoms with Crippen LogP contribution in [-0.4, -0.2) is 27.8 Å². The number of hydrogen-bond donors (Lipinski definition) is 1. The lowest BCUT2D eigenvalue weighted by molar-refractivity contribution is -0.118. The maximum atomic E-state index is 13.3. The van der Waals surface area contributed by atoms with Gasteiger partial charge >= 0.3 is 0 Å². The molecular formula is C23H21N3O2S2. The van der Waals surface area contributed by atoms with Crippen LogP contribution in [0, 0.1) is 6.92 Å². The Hall–Kier alpha value is -2.90. The van der Waals surface area contributed by atoms with Gasteiger partial charge in [-0.3, -0.25) is 14.2 Å². The molecule has 0 fully saturated rings. The first-order valence-electron chi connectivity index (χ1n) is 9.63. The second-order valence-electron chi connectivity index (χ2n) is 6.81. The number of amides is 1. The van der Waals surface area contributed by atoms with Crippen LogP contribution in [0.1, 0.15) is 10.4 Å². The van der Waals surface area contributed by atoms with Crippen molar-refractivity contribution in [3.63, 3.8) is 0 Å². The van der Waals surface area contributed by atoms with Gasteiger partial charge in [0.15, 0.2) is 5.16 Å². The van der Waals surface area contributed by atoms with E-state index in [1.54, 1.807) is 22.0 Å². The van der Waals surface area contributed by atoms with Crippen LogP contribution in [0.3, 0.4) is 0 Å². The molecule has 0 bridgehead atoms. The first kappa shape index (κ1) is 20.4. The van der Waals surface area contributed by atoms with Gasteiger partial charge in [-0.15, -0.1) is 11.3 Å². The lowest BCUT2D eigenvalue weighted by Crippen LogP contribution is -2.28. The van der Waals surface area contributed by atoms with Gasteiger partial charge in [0, 0.05) is 11.4 Å². The van der Waals surface area contributed by atoms with Crippen molar-refractivity contribution >= 4 is 39.9 Å². The van der Waals surface area contributed by atoms with Gasteiger partial charge in [-0.25, -0.2) is 4.98 Å². The number of para-hydroxylation sites is 2. The highest BCUT2D eigenvalue weighted by molar-refractivity contribution is 7.99. The number of carbonyl (C=O) groups is 1. The molecular weight excluding hydrogens is 414 g/mol. The summed E-state index contributed by atoms with van der Waals surface area (Å²) in [5, 5.41) is 6.05. The van der Waals surface area contributed by atoms with Gasteiger partial charge in [0.1, 0.15) is 0 Å². The number of hydrogen-bond acceptors (Lipinski definition) is 5. The van der Waals surface area contributed by atoms with Crippen LogP contribution in [0.25, 0.3) is 16.6 Å². The fourth-order valence-electron chi connectivity index (χ4n) is 3.20. The lowest BCUT2D eigenvalue weighted by atomic mass is 10.2. The summed E-state index contributed by atoms with van der Waals surface area (Å²) in [6, 6.07) is 19.1. The topological polar surface area (TPSA) is 64.0 Å². The predicted molar refractivity (Wildman–Crippen MR) is 124 cm³/mol. The minimum atomic E-state index is -0.129. The molecule has 0 unspecified atom stereocenters. The molecule has 0 aliphatic heterocycles. The zero-order valence-corrected chi connectivity index (χ0v) is 18.1. The third-order valence-corrected chi connectivity index (χ3v) is 6.58. The summed E-state index contributed by atoms with van der Waals surface area (Å²) in [5.41, 5.74) is 2.25. The van der Waals surface area contributed by atoms with Crippen molar-refractivity contribution in [1.29, 1.82) is 0 Å². The van der Waals surface area contributed by atoms with Crippen LogP contribution < -0.4 is 10.9 Å². The first-order chi connectivity index (χ1) is 14.6. The highest BCUT2D eigenvalue weighted by atomic mass is 32.2. The molecule has 4 rings (SSSR count). The van der Waals surface area contributed by atoms with Gasteiger partial charge in [0.05, 0.1) is 22.3 Å². The maximum absolute atomic E-state index is 13.3. The van der Waals surface area contributed by atoms with Crippen molar-refractivity contribution in [3.05, 3.63) is 86.8 Å². The number of nitrogens with one attached hydrogen (secondary N) is 1. The summed E-state index contributed by atoms with van der Waals surface area (Å²) in [6.45, 7) is 2.55. The molecule has 152 valence electrons. The largest absolute Gasteiger partial charge is 0.355 e. The van der Waals surface area contributed by atoms with E-state index in [0.717, 1.165) is 17.7 Å². The molecule has 1 N–H and O–H groups in total. The summed E-state index contributed by atoms with van der Waals surface area (Å²) in [5.74, 6) is 0.122. The van der Waals surface area contributed by atoms with E-state index >= 15 is 0 Å². The summed E-state index contributed by atoms with van der Waals surface area (Å²) in [7, 11) is 0. The Morgan fingerprint density at radius 1 is 1.10 bits per heavy atom. The maximum Gasteiger partial charge on any atom is 0.266 e. The molecule has 0 aliphatic rings. The molecule has 0 aliphatic carbocycles. The number of thiophene rings is 1.